The molecule has 6 aliphatic heterocycles. The lowest BCUT2D eigenvalue weighted by Gasteiger charge is -2.47. The van der Waals surface area contributed by atoms with Gasteiger partial charge in [0.15, 0.2) is 0 Å². The zero-order valence-corrected chi connectivity index (χ0v) is 35.2. The first-order valence-corrected chi connectivity index (χ1v) is 24.5. The van der Waals surface area contributed by atoms with E-state index in [-0.39, 0.29) is 72.9 Å². The van der Waals surface area contributed by atoms with Crippen molar-refractivity contribution in [1.82, 2.24) is 45.6 Å². The molecule has 2 saturated carbocycles. The number of carbonyl (C=O) groups is 6. The van der Waals surface area contributed by atoms with Gasteiger partial charge >= 0.3 is 0 Å². The van der Waals surface area contributed by atoms with Crippen molar-refractivity contribution in [3.8, 4) is 0 Å². The van der Waals surface area contributed by atoms with Crippen molar-refractivity contribution < 1.29 is 37.2 Å². The molecule has 0 bridgehead atoms. The summed E-state index contributed by atoms with van der Waals surface area (Å²) in [4.78, 5) is 82.7. The van der Waals surface area contributed by atoms with Crippen LogP contribution in [0.1, 0.15) is 77.0 Å². The topological polar surface area (TPSA) is 210 Å². The van der Waals surface area contributed by atoms with E-state index in [4.69, 9.17) is 0 Å². The number of piperidine rings is 2. The maximum atomic E-state index is 13.5. The number of hydrogen-bond acceptors (Lipinski definition) is 13. The molecule has 0 aromatic carbocycles. The molecule has 6 amide bonds. The number of fused-ring (bicyclic) bond motifs is 1. The molecule has 11 atom stereocenters. The predicted octanol–water partition coefficient (Wildman–Crippen LogP) is -0.802. The number of sulfonamides is 1. The Morgan fingerprint density at radius 1 is 0.828 bits per heavy atom. The van der Waals surface area contributed by atoms with Gasteiger partial charge in [-0.15, -0.1) is 11.8 Å². The highest BCUT2D eigenvalue weighted by Crippen LogP contribution is 2.43. The lowest BCUT2D eigenvalue weighted by molar-refractivity contribution is -0.151. The van der Waals surface area contributed by atoms with E-state index in [1.807, 2.05) is 0 Å². The summed E-state index contributed by atoms with van der Waals surface area (Å²) < 4.78 is 24.9. The van der Waals surface area contributed by atoms with Crippen molar-refractivity contribution in [2.45, 2.75) is 107 Å². The molecular weight excluding hydrogens is 787 g/mol. The van der Waals surface area contributed by atoms with E-state index in [2.05, 4.69) is 36.4 Å². The van der Waals surface area contributed by atoms with Gasteiger partial charge in [0.1, 0.15) is 11.5 Å². The normalized spacial score (nSPS) is 38.4. The van der Waals surface area contributed by atoms with Crippen molar-refractivity contribution in [2.75, 3.05) is 64.4 Å². The summed E-state index contributed by atoms with van der Waals surface area (Å²) >= 11 is 1.70. The highest BCUT2D eigenvalue weighted by molar-refractivity contribution is 8.00. The summed E-state index contributed by atoms with van der Waals surface area (Å²) in [7, 11) is -3.33. The zero-order chi connectivity index (χ0) is 40.7. The second-order valence-electron chi connectivity index (χ2n) is 18.1. The van der Waals surface area contributed by atoms with Gasteiger partial charge < -0.3 is 16.0 Å². The summed E-state index contributed by atoms with van der Waals surface area (Å²) in [5.74, 6) is -0.289. The van der Waals surface area contributed by atoms with Gasteiger partial charge in [0.2, 0.25) is 45.5 Å². The lowest BCUT2D eigenvalue weighted by Crippen LogP contribution is -2.59. The van der Waals surface area contributed by atoms with Crippen LogP contribution >= 0.6 is 11.8 Å². The quantitative estimate of drug-likeness (QED) is 0.171. The van der Waals surface area contributed by atoms with Gasteiger partial charge in [-0.3, -0.25) is 54.1 Å². The van der Waals surface area contributed by atoms with E-state index in [1.165, 1.54) is 41.3 Å². The number of hydrogen-bond donors (Lipinski definition) is 5. The van der Waals surface area contributed by atoms with E-state index in [0.717, 1.165) is 57.6 Å². The largest absolute Gasteiger partial charge is 0.347 e. The molecule has 0 spiro atoms. The predicted molar refractivity (Wildman–Crippen MR) is 215 cm³/mol. The summed E-state index contributed by atoms with van der Waals surface area (Å²) in [6.45, 7) is 5.13. The highest BCUT2D eigenvalue weighted by Gasteiger charge is 2.54. The first kappa shape index (κ1) is 42.0. The number of thioether (sulfide) groups is 1. The van der Waals surface area contributed by atoms with Gasteiger partial charge in [-0.2, -0.15) is 0 Å². The van der Waals surface area contributed by atoms with Crippen LogP contribution in [0, 0.1) is 35.5 Å². The third-order valence-electron chi connectivity index (χ3n) is 14.7. The Labute approximate surface area is 345 Å². The van der Waals surface area contributed by atoms with Crippen LogP contribution in [0.4, 0.5) is 0 Å². The van der Waals surface area contributed by atoms with Crippen LogP contribution in [0.2, 0.25) is 0 Å². The van der Waals surface area contributed by atoms with Gasteiger partial charge in [0, 0.05) is 63.5 Å². The summed E-state index contributed by atoms with van der Waals surface area (Å²) in [5, 5.41) is 15.5. The molecule has 11 unspecified atom stereocenters. The van der Waals surface area contributed by atoms with Crippen LogP contribution in [-0.4, -0.2) is 157 Å². The van der Waals surface area contributed by atoms with Crippen LogP contribution in [-0.2, 0) is 38.8 Å². The number of imide groups is 2. The highest BCUT2D eigenvalue weighted by atomic mass is 32.2. The van der Waals surface area contributed by atoms with E-state index in [0.29, 0.717) is 55.8 Å². The smallest absolute Gasteiger partial charge is 0.249 e. The molecular formula is C39H61N9O8S2. The number of amides is 6. The minimum atomic E-state index is -3.33. The molecule has 0 aromatic rings. The standard InChI is InChI=1S/C39H61N9O8S2/c1-58(55,56)47-12-10-26(21-47)35(51)41-20-34(50)44-39-42-30(22-57-39)25-4-2-3-23(17-25)24-9-11-40-32(18-24)46-15-13-45(14-16-46)27-5-6-28-29(19-27)38(54)48(37(28)53)31-7-8-33(49)43-36(31)52/h23-32,39-40,42H,2-22H2,1H3,(H,41,51)(H,44,50)(H,43,49,52). The fraction of sp³-hybridized carbons (Fsp3) is 0.846. The van der Waals surface area contributed by atoms with Crippen LogP contribution < -0.4 is 26.6 Å². The molecule has 8 rings (SSSR count). The van der Waals surface area contributed by atoms with E-state index in [1.54, 1.807) is 11.8 Å². The maximum Gasteiger partial charge on any atom is 0.249 e. The molecule has 19 heteroatoms. The van der Waals surface area contributed by atoms with Crippen LogP contribution in [0.3, 0.4) is 0 Å². The fourth-order valence-electron chi connectivity index (χ4n) is 11.5. The fourth-order valence-corrected chi connectivity index (χ4v) is 13.6. The Morgan fingerprint density at radius 3 is 2.33 bits per heavy atom. The molecule has 2 aliphatic carbocycles. The van der Waals surface area contributed by atoms with Crippen LogP contribution in [0.15, 0.2) is 0 Å². The Bertz CT molecular complexity index is 1730. The Balaban J connectivity index is 0.756. The Morgan fingerprint density at radius 2 is 1.57 bits per heavy atom. The number of carbonyl (C=O) groups excluding carboxylic acids is 6. The third kappa shape index (κ3) is 9.15. The summed E-state index contributed by atoms with van der Waals surface area (Å²) in [5.41, 5.74) is -0.201. The average Bonchev–Trinajstić information content (AvgIpc) is 3.97. The summed E-state index contributed by atoms with van der Waals surface area (Å²) in [6.07, 6.45) is 11.6. The Kier molecular flexibility index (Phi) is 12.9. The van der Waals surface area contributed by atoms with Crippen molar-refractivity contribution in [3.05, 3.63) is 0 Å². The van der Waals surface area contributed by atoms with Gasteiger partial charge in [-0.1, -0.05) is 12.8 Å². The van der Waals surface area contributed by atoms with Crippen molar-refractivity contribution in [1.29, 1.82) is 0 Å². The van der Waals surface area contributed by atoms with Crippen molar-refractivity contribution in [3.63, 3.8) is 0 Å². The molecule has 17 nitrogen and oxygen atoms in total. The van der Waals surface area contributed by atoms with Gasteiger partial charge in [0.25, 0.3) is 0 Å². The van der Waals surface area contributed by atoms with Gasteiger partial charge in [-0.05, 0) is 82.1 Å². The van der Waals surface area contributed by atoms with E-state index in [9.17, 15) is 37.2 Å². The molecule has 58 heavy (non-hydrogen) atoms. The SMILES string of the molecule is CS(=O)(=O)N1CCC(C(=O)NCC(=O)NC2NC(C3CCCC(C4CCNC(N5CCN(C6CCC7C(=O)N(C8CCC(=O)NC8=O)C(=O)C7C6)CC5)C4)C3)CS2)C1. The van der Waals surface area contributed by atoms with Crippen molar-refractivity contribution in [2.24, 2.45) is 35.5 Å². The molecule has 8 aliphatic rings. The van der Waals surface area contributed by atoms with E-state index >= 15 is 0 Å². The monoisotopic (exact) mass is 847 g/mol. The third-order valence-corrected chi connectivity index (χ3v) is 17.1. The van der Waals surface area contributed by atoms with E-state index < -0.39 is 33.8 Å². The molecule has 322 valence electrons. The molecule has 6 saturated heterocycles. The number of piperazine rings is 1. The van der Waals surface area contributed by atoms with Crippen molar-refractivity contribution >= 4 is 57.2 Å². The first-order valence-electron chi connectivity index (χ1n) is 21.6. The van der Waals surface area contributed by atoms with Crippen LogP contribution in [0.25, 0.3) is 0 Å². The number of nitrogens with one attached hydrogen (secondary N) is 5. The summed E-state index contributed by atoms with van der Waals surface area (Å²) in [6, 6.07) is -0.311. The molecule has 0 aromatic heterocycles. The minimum absolute atomic E-state index is 0.132. The van der Waals surface area contributed by atoms with Gasteiger partial charge in [-0.25, -0.2) is 12.7 Å². The average molecular weight is 848 g/mol. The first-order chi connectivity index (χ1) is 27.8. The second kappa shape index (κ2) is 17.7. The molecule has 6 heterocycles. The molecule has 5 N–H and O–H groups in total. The molecule has 8 fully saturated rings. The zero-order valence-electron chi connectivity index (χ0n) is 33.6. The minimum Gasteiger partial charge on any atom is -0.347 e. The maximum absolute atomic E-state index is 13.5. The number of nitrogens with zero attached hydrogens (tertiary/aromatic N) is 4. The lowest BCUT2D eigenvalue weighted by atomic mass is 9.70. The van der Waals surface area contributed by atoms with Gasteiger partial charge in [0.05, 0.1) is 36.7 Å². The van der Waals surface area contributed by atoms with Crippen LogP contribution in [0.5, 0.6) is 0 Å². The Hall–Kier alpha value is -2.68. The molecule has 0 radical (unpaired) electrons. The second-order valence-corrected chi connectivity index (χ2v) is 21.2. The number of rotatable bonds is 10. The number of likely N-dealkylation sites (tertiary alicyclic amines) is 1.